The SMILES string of the molecule is CCc1cc(C)cc(OCC(O)C[n+]2cn(CC)c3ccccc32)c1. The van der Waals surface area contributed by atoms with E-state index in [0.717, 1.165) is 24.2 Å². The fraction of sp³-hybridized carbons (Fsp3) is 0.381. The van der Waals surface area contributed by atoms with Gasteiger partial charge in [0.15, 0.2) is 11.0 Å². The molecule has 0 aliphatic carbocycles. The summed E-state index contributed by atoms with van der Waals surface area (Å²) in [5.41, 5.74) is 4.76. The number of aliphatic hydroxyl groups excluding tert-OH is 1. The number of nitrogens with zero attached hydrogens (tertiary/aromatic N) is 2. The van der Waals surface area contributed by atoms with E-state index in [1.54, 1.807) is 0 Å². The first-order valence-electron chi connectivity index (χ1n) is 8.99. The minimum absolute atomic E-state index is 0.283. The zero-order valence-electron chi connectivity index (χ0n) is 15.3. The molecule has 4 heteroatoms. The molecule has 1 heterocycles. The van der Waals surface area contributed by atoms with Crippen LogP contribution in [0.1, 0.15) is 25.0 Å². The van der Waals surface area contributed by atoms with Gasteiger partial charge >= 0.3 is 0 Å². The molecule has 3 rings (SSSR count). The lowest BCUT2D eigenvalue weighted by molar-refractivity contribution is -0.679. The Morgan fingerprint density at radius 2 is 1.96 bits per heavy atom. The average Bonchev–Trinajstić information content (AvgIpc) is 2.97. The number of hydrogen-bond acceptors (Lipinski definition) is 2. The molecule has 1 aromatic heterocycles. The molecule has 0 bridgehead atoms. The summed E-state index contributed by atoms with van der Waals surface area (Å²) in [7, 11) is 0. The van der Waals surface area contributed by atoms with Crippen LogP contribution in [0.5, 0.6) is 5.75 Å². The standard InChI is InChI=1S/C21H27N2O2/c1-4-17-10-16(3)11-19(12-17)25-14-18(24)13-23-15-22(5-2)20-8-6-7-9-21(20)23/h6-12,15,18,24H,4-5,13-14H2,1-3H3/q+1. The summed E-state index contributed by atoms with van der Waals surface area (Å²) in [6.07, 6.45) is 2.48. The van der Waals surface area contributed by atoms with E-state index in [9.17, 15) is 5.11 Å². The van der Waals surface area contributed by atoms with Crippen LogP contribution < -0.4 is 9.30 Å². The minimum atomic E-state index is -0.563. The second-order valence-electron chi connectivity index (χ2n) is 6.52. The van der Waals surface area contributed by atoms with E-state index >= 15 is 0 Å². The van der Waals surface area contributed by atoms with E-state index in [1.165, 1.54) is 16.6 Å². The molecule has 0 spiro atoms. The van der Waals surface area contributed by atoms with Gasteiger partial charge in [0.25, 0.3) is 0 Å². The van der Waals surface area contributed by atoms with Gasteiger partial charge in [0.2, 0.25) is 6.33 Å². The zero-order valence-corrected chi connectivity index (χ0v) is 15.3. The number of ether oxygens (including phenoxy) is 1. The molecule has 0 saturated heterocycles. The number of benzene rings is 2. The van der Waals surface area contributed by atoms with Crippen molar-refractivity contribution < 1.29 is 14.4 Å². The van der Waals surface area contributed by atoms with E-state index in [0.29, 0.717) is 6.54 Å². The monoisotopic (exact) mass is 339 g/mol. The van der Waals surface area contributed by atoms with Crippen LogP contribution in [0.15, 0.2) is 48.8 Å². The lowest BCUT2D eigenvalue weighted by atomic mass is 10.1. The van der Waals surface area contributed by atoms with Crippen LogP contribution in [0.3, 0.4) is 0 Å². The van der Waals surface area contributed by atoms with Crippen molar-refractivity contribution in [2.24, 2.45) is 0 Å². The Kier molecular flexibility index (Phi) is 5.39. The Morgan fingerprint density at radius 3 is 2.72 bits per heavy atom. The fourth-order valence-electron chi connectivity index (χ4n) is 3.22. The highest BCUT2D eigenvalue weighted by Crippen LogP contribution is 2.17. The third-order valence-electron chi connectivity index (χ3n) is 4.49. The van der Waals surface area contributed by atoms with Gasteiger partial charge in [0.05, 0.1) is 6.54 Å². The maximum atomic E-state index is 10.4. The van der Waals surface area contributed by atoms with Gasteiger partial charge < -0.3 is 9.84 Å². The number of imidazole rings is 1. The molecule has 25 heavy (non-hydrogen) atoms. The van der Waals surface area contributed by atoms with Crippen LogP contribution in [0, 0.1) is 6.92 Å². The van der Waals surface area contributed by atoms with Crippen LogP contribution in [0.4, 0.5) is 0 Å². The Labute approximate surface area is 149 Å². The second-order valence-corrected chi connectivity index (χ2v) is 6.52. The maximum Gasteiger partial charge on any atom is 0.244 e. The van der Waals surface area contributed by atoms with Crippen LogP contribution >= 0.6 is 0 Å². The average molecular weight is 339 g/mol. The highest BCUT2D eigenvalue weighted by Gasteiger charge is 2.17. The summed E-state index contributed by atoms with van der Waals surface area (Å²) in [5, 5.41) is 10.4. The lowest BCUT2D eigenvalue weighted by Gasteiger charge is -2.12. The molecule has 4 nitrogen and oxygen atoms in total. The number of aromatic nitrogens is 2. The molecule has 0 aliphatic rings. The van der Waals surface area contributed by atoms with E-state index < -0.39 is 6.10 Å². The van der Waals surface area contributed by atoms with E-state index in [1.807, 2.05) is 18.2 Å². The zero-order chi connectivity index (χ0) is 17.8. The van der Waals surface area contributed by atoms with Gasteiger partial charge in [-0.3, -0.25) is 0 Å². The van der Waals surface area contributed by atoms with Gasteiger partial charge in [-0.15, -0.1) is 0 Å². The highest BCUT2D eigenvalue weighted by atomic mass is 16.5. The topological polar surface area (TPSA) is 38.3 Å². The quantitative estimate of drug-likeness (QED) is 0.671. The van der Waals surface area contributed by atoms with Crippen molar-refractivity contribution in [3.8, 4) is 5.75 Å². The van der Waals surface area contributed by atoms with Gasteiger partial charge in [-0.05, 0) is 55.7 Å². The number of fused-ring (bicyclic) bond motifs is 1. The van der Waals surface area contributed by atoms with Crippen molar-refractivity contribution in [2.75, 3.05) is 6.61 Å². The minimum Gasteiger partial charge on any atom is -0.491 e. The molecule has 0 amide bonds. The fourth-order valence-corrected chi connectivity index (χ4v) is 3.22. The molecule has 0 fully saturated rings. The van der Waals surface area contributed by atoms with Crippen molar-refractivity contribution in [1.29, 1.82) is 0 Å². The molecule has 0 saturated carbocycles. The van der Waals surface area contributed by atoms with E-state index in [4.69, 9.17) is 4.74 Å². The highest BCUT2D eigenvalue weighted by molar-refractivity contribution is 5.71. The third kappa shape index (κ3) is 4.02. The van der Waals surface area contributed by atoms with Gasteiger partial charge in [-0.1, -0.05) is 25.1 Å². The summed E-state index contributed by atoms with van der Waals surface area (Å²) in [6, 6.07) is 14.5. The third-order valence-corrected chi connectivity index (χ3v) is 4.49. The predicted octanol–water partition coefficient (Wildman–Crippen LogP) is 3.26. The molecule has 1 N–H and O–H groups in total. The Bertz CT molecular complexity index is 854. The van der Waals surface area contributed by atoms with Crippen molar-refractivity contribution in [2.45, 2.75) is 46.4 Å². The van der Waals surface area contributed by atoms with Crippen molar-refractivity contribution in [1.82, 2.24) is 4.57 Å². The normalized spacial score (nSPS) is 12.5. The lowest BCUT2D eigenvalue weighted by Crippen LogP contribution is -2.41. The summed E-state index contributed by atoms with van der Waals surface area (Å²) in [5.74, 6) is 0.830. The van der Waals surface area contributed by atoms with Crippen molar-refractivity contribution in [3.05, 3.63) is 59.9 Å². The molecule has 3 aromatic rings. The Balaban J connectivity index is 1.69. The van der Waals surface area contributed by atoms with E-state index in [2.05, 4.69) is 60.5 Å². The Morgan fingerprint density at radius 1 is 1.16 bits per heavy atom. The molecule has 132 valence electrons. The molecule has 0 aliphatic heterocycles. The number of para-hydroxylation sites is 2. The molecule has 1 unspecified atom stereocenters. The summed E-state index contributed by atoms with van der Waals surface area (Å²) in [6.45, 7) is 8.03. The molecule has 1 atom stereocenters. The predicted molar refractivity (Wildman–Crippen MR) is 99.9 cm³/mol. The second kappa shape index (κ2) is 7.70. The van der Waals surface area contributed by atoms with Crippen LogP contribution in [0.2, 0.25) is 0 Å². The van der Waals surface area contributed by atoms with Crippen molar-refractivity contribution in [3.63, 3.8) is 0 Å². The molecular formula is C21H27N2O2+. The number of aryl methyl sites for hydroxylation is 3. The first-order valence-corrected chi connectivity index (χ1v) is 8.99. The number of aliphatic hydroxyl groups is 1. The van der Waals surface area contributed by atoms with Crippen LogP contribution in [-0.4, -0.2) is 22.4 Å². The first-order chi connectivity index (χ1) is 12.1. The van der Waals surface area contributed by atoms with Crippen LogP contribution in [0.25, 0.3) is 11.0 Å². The molecule has 2 aromatic carbocycles. The van der Waals surface area contributed by atoms with E-state index in [-0.39, 0.29) is 6.61 Å². The first kappa shape index (κ1) is 17.5. The number of hydrogen-bond donors (Lipinski definition) is 1. The van der Waals surface area contributed by atoms with Gasteiger partial charge in [-0.2, -0.15) is 0 Å². The Hall–Kier alpha value is -2.33. The summed E-state index contributed by atoms with van der Waals surface area (Å²) < 4.78 is 10.1. The largest absolute Gasteiger partial charge is 0.491 e. The van der Waals surface area contributed by atoms with Gasteiger partial charge in [-0.25, -0.2) is 9.13 Å². The van der Waals surface area contributed by atoms with Gasteiger partial charge in [0.1, 0.15) is 25.0 Å². The maximum absolute atomic E-state index is 10.4. The molecular weight excluding hydrogens is 312 g/mol. The van der Waals surface area contributed by atoms with Crippen LogP contribution in [-0.2, 0) is 19.5 Å². The summed E-state index contributed by atoms with van der Waals surface area (Å²) >= 11 is 0. The summed E-state index contributed by atoms with van der Waals surface area (Å²) in [4.78, 5) is 0. The number of rotatable bonds is 7. The van der Waals surface area contributed by atoms with Gasteiger partial charge in [0, 0.05) is 0 Å². The smallest absolute Gasteiger partial charge is 0.244 e. The molecule has 0 radical (unpaired) electrons. The van der Waals surface area contributed by atoms with Crippen molar-refractivity contribution >= 4 is 11.0 Å².